The van der Waals surface area contributed by atoms with Gasteiger partial charge >= 0.3 is 5.97 Å². The number of carbonyl (C=O) groups excluding carboxylic acids is 1. The van der Waals surface area contributed by atoms with Crippen molar-refractivity contribution >= 4 is 23.3 Å². The highest BCUT2D eigenvalue weighted by molar-refractivity contribution is 6.30. The van der Waals surface area contributed by atoms with Crippen LogP contribution < -0.4 is 5.32 Å². The second kappa shape index (κ2) is 7.83. The molecule has 1 spiro atoms. The Kier molecular flexibility index (Phi) is 5.26. The summed E-state index contributed by atoms with van der Waals surface area (Å²) in [5.74, 6) is 1.37. The fourth-order valence-corrected chi connectivity index (χ4v) is 6.72. The van der Waals surface area contributed by atoms with Gasteiger partial charge in [0.25, 0.3) is 0 Å². The topological polar surface area (TPSA) is 58.6 Å². The summed E-state index contributed by atoms with van der Waals surface area (Å²) in [4.78, 5) is 13.0. The third-order valence-corrected chi connectivity index (χ3v) is 8.45. The van der Waals surface area contributed by atoms with Gasteiger partial charge in [0, 0.05) is 17.3 Å². The lowest BCUT2D eigenvalue weighted by atomic mass is 9.59. The van der Waals surface area contributed by atoms with E-state index in [1.54, 1.807) is 0 Å². The Balaban J connectivity index is 1.46. The van der Waals surface area contributed by atoms with Crippen molar-refractivity contribution < 1.29 is 14.6 Å². The Morgan fingerprint density at radius 1 is 1.16 bits per heavy atom. The van der Waals surface area contributed by atoms with Crippen LogP contribution in [0.3, 0.4) is 0 Å². The molecular weight excluding hydrogens is 410 g/mol. The number of fused-ring (bicyclic) bond motifs is 2. The molecule has 164 valence electrons. The van der Waals surface area contributed by atoms with Crippen LogP contribution in [0.1, 0.15) is 43.2 Å². The number of ether oxygens (including phenoxy) is 1. The first-order valence-electron chi connectivity index (χ1n) is 11.3. The molecule has 0 heterocycles. The van der Waals surface area contributed by atoms with Crippen molar-refractivity contribution in [1.82, 2.24) is 0 Å². The molecule has 0 aliphatic heterocycles. The van der Waals surface area contributed by atoms with Gasteiger partial charge in [-0.1, -0.05) is 41.9 Å². The fourth-order valence-electron chi connectivity index (χ4n) is 6.53. The van der Waals surface area contributed by atoms with Crippen molar-refractivity contribution in [3.05, 3.63) is 64.7 Å². The number of aliphatic hydroxyl groups is 1. The first-order chi connectivity index (χ1) is 15.0. The van der Waals surface area contributed by atoms with Gasteiger partial charge in [0.05, 0.1) is 7.11 Å². The van der Waals surface area contributed by atoms with Crippen molar-refractivity contribution in [3.63, 3.8) is 0 Å². The maximum absolute atomic E-state index is 13.0. The molecule has 31 heavy (non-hydrogen) atoms. The average molecular weight is 440 g/mol. The van der Waals surface area contributed by atoms with E-state index in [-0.39, 0.29) is 18.0 Å². The second-order valence-corrected chi connectivity index (χ2v) is 10.1. The van der Waals surface area contributed by atoms with Crippen LogP contribution in [0.4, 0.5) is 5.69 Å². The summed E-state index contributed by atoms with van der Waals surface area (Å²) >= 11 is 6.19. The quantitative estimate of drug-likeness (QED) is 0.645. The van der Waals surface area contributed by atoms with E-state index in [0.717, 1.165) is 31.4 Å². The van der Waals surface area contributed by atoms with Gasteiger partial charge in [0.15, 0.2) is 0 Å². The summed E-state index contributed by atoms with van der Waals surface area (Å²) in [6.07, 6.45) is 5.52. The molecule has 2 aromatic rings. The largest absolute Gasteiger partial charge is 0.467 e. The summed E-state index contributed by atoms with van der Waals surface area (Å²) in [7, 11) is 1.47. The minimum atomic E-state index is -0.743. The average Bonchev–Trinajstić information content (AvgIpc) is 3.51. The lowest BCUT2D eigenvalue weighted by Gasteiger charge is -2.47. The fraction of sp³-hybridized carbons (Fsp3) is 0.500. The van der Waals surface area contributed by atoms with Crippen LogP contribution in [-0.4, -0.2) is 30.3 Å². The molecule has 0 bridgehead atoms. The molecule has 0 unspecified atom stereocenters. The molecule has 2 saturated carbocycles. The Bertz CT molecular complexity index is 982. The normalized spacial score (nSPS) is 33.7. The standard InChI is InChI=1S/C26H30ClNO3/c1-31-24(30)26(28-20-7-4-6-19(27)15-20)11-9-25(10-12-26)22-8-3-2-5-17(22)14-23(25)21-13-18(21)16-29/h2-8,15,18,21,23,28-29H,9-14,16H2,1H3/t18-,21+,23-,25?,26?/m1/s1. The molecule has 3 aliphatic rings. The molecule has 2 fully saturated rings. The maximum Gasteiger partial charge on any atom is 0.331 e. The van der Waals surface area contributed by atoms with Crippen molar-refractivity contribution in [2.45, 2.75) is 49.5 Å². The van der Waals surface area contributed by atoms with E-state index in [0.29, 0.717) is 35.6 Å². The van der Waals surface area contributed by atoms with Crippen molar-refractivity contribution in [2.24, 2.45) is 17.8 Å². The highest BCUT2D eigenvalue weighted by atomic mass is 35.5. The predicted octanol–water partition coefficient (Wildman–Crippen LogP) is 4.98. The highest BCUT2D eigenvalue weighted by Gasteiger charge is 2.59. The summed E-state index contributed by atoms with van der Waals surface area (Å²) in [5.41, 5.74) is 3.10. The molecule has 0 saturated heterocycles. The van der Waals surface area contributed by atoms with E-state index in [1.807, 2.05) is 24.3 Å². The van der Waals surface area contributed by atoms with Crippen molar-refractivity contribution in [3.8, 4) is 0 Å². The summed E-state index contributed by atoms with van der Waals surface area (Å²) in [6.45, 7) is 0.288. The summed E-state index contributed by atoms with van der Waals surface area (Å²) in [6, 6.07) is 16.4. The number of hydrogen-bond acceptors (Lipinski definition) is 4. The van der Waals surface area contributed by atoms with E-state index in [9.17, 15) is 9.90 Å². The summed E-state index contributed by atoms with van der Waals surface area (Å²) < 4.78 is 5.27. The highest BCUT2D eigenvalue weighted by Crippen LogP contribution is 2.62. The second-order valence-electron chi connectivity index (χ2n) is 9.68. The van der Waals surface area contributed by atoms with Crippen LogP contribution in [0.25, 0.3) is 0 Å². The molecule has 0 amide bonds. The molecule has 4 nitrogen and oxygen atoms in total. The number of halogens is 1. The number of aliphatic hydroxyl groups excluding tert-OH is 1. The minimum absolute atomic E-state index is 0.0821. The first-order valence-corrected chi connectivity index (χ1v) is 11.7. The van der Waals surface area contributed by atoms with Gasteiger partial charge in [-0.2, -0.15) is 0 Å². The Labute approximate surface area is 189 Å². The maximum atomic E-state index is 13.0. The number of anilines is 1. The zero-order valence-electron chi connectivity index (χ0n) is 17.9. The monoisotopic (exact) mass is 439 g/mol. The van der Waals surface area contributed by atoms with E-state index in [4.69, 9.17) is 16.3 Å². The van der Waals surface area contributed by atoms with Crippen LogP contribution >= 0.6 is 11.6 Å². The van der Waals surface area contributed by atoms with Crippen LogP contribution in [0.5, 0.6) is 0 Å². The van der Waals surface area contributed by atoms with E-state index >= 15 is 0 Å². The first kappa shape index (κ1) is 20.8. The van der Waals surface area contributed by atoms with Gasteiger partial charge in [-0.3, -0.25) is 0 Å². The van der Waals surface area contributed by atoms with Crippen LogP contribution in [-0.2, 0) is 21.4 Å². The Hall–Kier alpha value is -2.04. The number of rotatable bonds is 5. The predicted molar refractivity (Wildman–Crippen MR) is 122 cm³/mol. The zero-order valence-corrected chi connectivity index (χ0v) is 18.7. The molecule has 0 aromatic heterocycles. The molecule has 5 rings (SSSR count). The van der Waals surface area contributed by atoms with Gasteiger partial charge in [0.1, 0.15) is 5.54 Å². The Morgan fingerprint density at radius 2 is 1.94 bits per heavy atom. The van der Waals surface area contributed by atoms with Crippen LogP contribution in [0, 0.1) is 17.8 Å². The third-order valence-electron chi connectivity index (χ3n) is 8.21. The van der Waals surface area contributed by atoms with Crippen LogP contribution in [0.2, 0.25) is 5.02 Å². The lowest BCUT2D eigenvalue weighted by Crippen LogP contribution is -2.53. The van der Waals surface area contributed by atoms with E-state index < -0.39 is 5.54 Å². The SMILES string of the molecule is COC(=O)C1(Nc2cccc(Cl)c2)CCC2(CC1)c1ccccc1C[C@@H]2[C@H]1C[C@@H]1CO. The van der Waals surface area contributed by atoms with E-state index in [2.05, 4.69) is 29.6 Å². The zero-order chi connectivity index (χ0) is 21.6. The number of methoxy groups -OCH3 is 1. The molecule has 0 radical (unpaired) electrons. The van der Waals surface area contributed by atoms with Crippen LogP contribution in [0.15, 0.2) is 48.5 Å². The molecule has 3 atom stereocenters. The molecule has 3 aliphatic carbocycles. The van der Waals surface area contributed by atoms with Gasteiger partial charge in [-0.15, -0.1) is 0 Å². The van der Waals surface area contributed by atoms with Gasteiger partial charge in [0.2, 0.25) is 0 Å². The molecular formula is C26H30ClNO3. The number of benzene rings is 2. The number of hydrogen-bond donors (Lipinski definition) is 2. The lowest BCUT2D eigenvalue weighted by molar-refractivity contribution is -0.148. The molecule has 2 aromatic carbocycles. The Morgan fingerprint density at radius 3 is 2.61 bits per heavy atom. The number of esters is 1. The molecule has 5 heteroatoms. The van der Waals surface area contributed by atoms with Crippen molar-refractivity contribution in [1.29, 1.82) is 0 Å². The minimum Gasteiger partial charge on any atom is -0.467 e. The van der Waals surface area contributed by atoms with Gasteiger partial charge in [-0.05, 0) is 91.0 Å². The number of nitrogens with one attached hydrogen (secondary N) is 1. The van der Waals surface area contributed by atoms with E-state index in [1.165, 1.54) is 18.2 Å². The summed E-state index contributed by atoms with van der Waals surface area (Å²) in [5, 5.41) is 13.9. The third kappa shape index (κ3) is 3.44. The number of carbonyl (C=O) groups is 1. The molecule has 2 N–H and O–H groups in total. The smallest absolute Gasteiger partial charge is 0.331 e. The van der Waals surface area contributed by atoms with Gasteiger partial charge < -0.3 is 15.2 Å². The van der Waals surface area contributed by atoms with Crippen molar-refractivity contribution in [2.75, 3.05) is 19.0 Å². The van der Waals surface area contributed by atoms with Gasteiger partial charge in [-0.25, -0.2) is 4.79 Å².